The molecule has 0 atom stereocenters. The fraction of sp³-hybridized carbons (Fsp3) is 0.727. The van der Waals surface area contributed by atoms with E-state index in [4.69, 9.17) is 9.47 Å². The highest BCUT2D eigenvalue weighted by atomic mass is 16.5. The van der Waals surface area contributed by atoms with Gasteiger partial charge in [-0.15, -0.1) is 0 Å². The average Bonchev–Trinajstić information content (AvgIpc) is 3.04. The molecule has 0 amide bonds. The highest BCUT2D eigenvalue weighted by Gasteiger charge is 2.38. The molecule has 0 bridgehead atoms. The molecule has 0 aromatic heterocycles. The van der Waals surface area contributed by atoms with Crippen molar-refractivity contribution < 1.29 is 9.47 Å². The van der Waals surface area contributed by atoms with E-state index in [0.29, 0.717) is 11.5 Å². The van der Waals surface area contributed by atoms with E-state index in [2.05, 4.69) is 137 Å². The summed E-state index contributed by atoms with van der Waals surface area (Å²) in [6.07, 6.45) is 4.75. The van der Waals surface area contributed by atoms with Crippen LogP contribution in [0.1, 0.15) is 118 Å². The van der Waals surface area contributed by atoms with Gasteiger partial charge in [-0.25, -0.2) is 0 Å². The molecule has 6 heteroatoms. The SMILES string of the molecule is CC(C)(CCC(C)(C)c1ccc(C2CCN(C3CN(C(C)(C)C)C3)CC2)cc1)OCCN1CCN(CCOc2ccc(C(C)(C)C)cc2)CC1. The largest absolute Gasteiger partial charge is 0.492 e. The van der Waals surface area contributed by atoms with Crippen LogP contribution in [0.5, 0.6) is 5.75 Å². The first-order valence-corrected chi connectivity index (χ1v) is 19.9. The van der Waals surface area contributed by atoms with Gasteiger partial charge in [0, 0.05) is 63.9 Å². The summed E-state index contributed by atoms with van der Waals surface area (Å²) in [4.78, 5) is 10.5. The molecule has 5 rings (SSSR count). The second kappa shape index (κ2) is 16.4. The van der Waals surface area contributed by atoms with Crippen molar-refractivity contribution in [2.24, 2.45) is 0 Å². The quantitative estimate of drug-likeness (QED) is 0.199. The maximum absolute atomic E-state index is 6.51. The van der Waals surface area contributed by atoms with E-state index >= 15 is 0 Å². The number of piperazine rings is 1. The molecule has 3 aliphatic rings. The average molecular weight is 689 g/mol. The minimum atomic E-state index is -0.125. The molecule has 0 unspecified atom stereocenters. The molecule has 0 saturated carbocycles. The molecule has 50 heavy (non-hydrogen) atoms. The van der Waals surface area contributed by atoms with Gasteiger partial charge in [0.05, 0.1) is 12.2 Å². The number of piperidine rings is 1. The summed E-state index contributed by atoms with van der Waals surface area (Å²) in [7, 11) is 0. The lowest BCUT2D eigenvalue weighted by Gasteiger charge is -2.52. The molecule has 3 heterocycles. The molecule has 0 spiro atoms. The van der Waals surface area contributed by atoms with Gasteiger partial charge in [-0.1, -0.05) is 71.0 Å². The van der Waals surface area contributed by atoms with Crippen LogP contribution in [0.15, 0.2) is 48.5 Å². The number of rotatable bonds is 14. The summed E-state index contributed by atoms with van der Waals surface area (Å²) in [6, 6.07) is 19.1. The second-order valence-electron chi connectivity index (χ2n) is 19.0. The van der Waals surface area contributed by atoms with Crippen LogP contribution < -0.4 is 4.74 Å². The third-order valence-electron chi connectivity index (χ3n) is 12.1. The molecule has 3 aliphatic heterocycles. The lowest BCUT2D eigenvalue weighted by molar-refractivity contribution is -0.0392. The summed E-state index contributed by atoms with van der Waals surface area (Å²) in [5.41, 5.74) is 4.81. The highest BCUT2D eigenvalue weighted by Crippen LogP contribution is 2.36. The molecule has 3 fully saturated rings. The van der Waals surface area contributed by atoms with Crippen LogP contribution in [-0.2, 0) is 15.6 Å². The molecule has 2 aromatic carbocycles. The van der Waals surface area contributed by atoms with Crippen LogP contribution in [0.25, 0.3) is 0 Å². The normalized spacial score (nSPS) is 20.3. The van der Waals surface area contributed by atoms with Crippen molar-refractivity contribution in [2.75, 3.05) is 78.7 Å². The Hall–Kier alpha value is -1.96. The topological polar surface area (TPSA) is 31.4 Å². The van der Waals surface area contributed by atoms with E-state index < -0.39 is 0 Å². The van der Waals surface area contributed by atoms with Crippen LogP contribution >= 0.6 is 0 Å². The van der Waals surface area contributed by atoms with E-state index in [1.165, 1.54) is 55.7 Å². The minimum absolute atomic E-state index is 0.125. The van der Waals surface area contributed by atoms with Crippen molar-refractivity contribution in [1.82, 2.24) is 19.6 Å². The molecule has 2 aromatic rings. The monoisotopic (exact) mass is 689 g/mol. The second-order valence-corrected chi connectivity index (χ2v) is 19.0. The Morgan fingerprint density at radius 1 is 0.620 bits per heavy atom. The van der Waals surface area contributed by atoms with Gasteiger partial charge in [-0.3, -0.25) is 19.6 Å². The Morgan fingerprint density at radius 2 is 1.16 bits per heavy atom. The molecule has 280 valence electrons. The van der Waals surface area contributed by atoms with Crippen molar-refractivity contribution >= 4 is 0 Å². The van der Waals surface area contributed by atoms with Crippen LogP contribution in [0.4, 0.5) is 0 Å². The predicted molar refractivity (Wildman–Crippen MR) is 211 cm³/mol. The molecule has 0 aliphatic carbocycles. The lowest BCUT2D eigenvalue weighted by atomic mass is 9.77. The molecular formula is C44H72N4O2. The zero-order chi connectivity index (χ0) is 36.2. The third-order valence-corrected chi connectivity index (χ3v) is 12.1. The predicted octanol–water partition coefficient (Wildman–Crippen LogP) is 8.20. The number of benzene rings is 2. The Labute approximate surface area is 306 Å². The maximum atomic E-state index is 6.51. The van der Waals surface area contributed by atoms with Gasteiger partial charge in [0.25, 0.3) is 0 Å². The number of likely N-dealkylation sites (tertiary alicyclic amines) is 2. The fourth-order valence-corrected chi connectivity index (χ4v) is 7.90. The maximum Gasteiger partial charge on any atom is 0.119 e. The Bertz CT molecular complexity index is 1300. The van der Waals surface area contributed by atoms with Crippen LogP contribution in [0.3, 0.4) is 0 Å². The van der Waals surface area contributed by atoms with Gasteiger partial charge in [0.15, 0.2) is 0 Å². The number of nitrogens with zero attached hydrogens (tertiary/aromatic N) is 4. The van der Waals surface area contributed by atoms with Gasteiger partial charge in [-0.05, 0) is 119 Å². The van der Waals surface area contributed by atoms with Crippen molar-refractivity contribution in [3.05, 3.63) is 65.2 Å². The summed E-state index contributed by atoms with van der Waals surface area (Å²) < 4.78 is 12.6. The van der Waals surface area contributed by atoms with Gasteiger partial charge < -0.3 is 9.47 Å². The zero-order valence-corrected chi connectivity index (χ0v) is 33.7. The van der Waals surface area contributed by atoms with Crippen LogP contribution in [-0.4, -0.2) is 115 Å². The minimum Gasteiger partial charge on any atom is -0.492 e. The van der Waals surface area contributed by atoms with E-state index in [9.17, 15) is 0 Å². The first kappa shape index (κ1) is 39.3. The summed E-state index contributed by atoms with van der Waals surface area (Å²) in [6.45, 7) is 36.0. The summed E-state index contributed by atoms with van der Waals surface area (Å²) >= 11 is 0. The lowest BCUT2D eigenvalue weighted by Crippen LogP contribution is -2.65. The Kier molecular flexibility index (Phi) is 12.9. The molecule has 6 nitrogen and oxygen atoms in total. The van der Waals surface area contributed by atoms with E-state index in [1.54, 1.807) is 0 Å². The molecule has 0 radical (unpaired) electrons. The van der Waals surface area contributed by atoms with Crippen molar-refractivity contribution in [2.45, 2.75) is 129 Å². The Morgan fingerprint density at radius 3 is 1.70 bits per heavy atom. The van der Waals surface area contributed by atoms with Crippen molar-refractivity contribution in [1.29, 1.82) is 0 Å². The summed E-state index contributed by atoms with van der Waals surface area (Å²) in [5.74, 6) is 1.67. The zero-order valence-electron chi connectivity index (χ0n) is 33.7. The van der Waals surface area contributed by atoms with Crippen molar-refractivity contribution in [3.8, 4) is 5.75 Å². The highest BCUT2D eigenvalue weighted by molar-refractivity contribution is 5.32. The fourth-order valence-electron chi connectivity index (χ4n) is 7.90. The van der Waals surface area contributed by atoms with Crippen molar-refractivity contribution in [3.63, 3.8) is 0 Å². The Balaban J connectivity index is 0.951. The first-order chi connectivity index (χ1) is 23.5. The van der Waals surface area contributed by atoms with Crippen LogP contribution in [0, 0.1) is 0 Å². The number of hydrogen-bond acceptors (Lipinski definition) is 6. The molecule has 0 N–H and O–H groups in total. The molecular weight excluding hydrogens is 617 g/mol. The molecule has 3 saturated heterocycles. The van der Waals surface area contributed by atoms with Gasteiger partial charge in [0.2, 0.25) is 0 Å². The standard InChI is InChI=1S/C44H72N4O2/c1-41(2,3)37-15-17-40(18-16-37)49-31-29-45-25-27-46(28-26-45)30-32-50-44(9,10)22-21-43(7,8)38-13-11-35(12-14-38)36-19-23-47(24-20-36)39-33-48(34-39)42(4,5)6/h11-18,36,39H,19-34H2,1-10H3. The smallest absolute Gasteiger partial charge is 0.119 e. The third kappa shape index (κ3) is 11.0. The van der Waals surface area contributed by atoms with Crippen LogP contribution in [0.2, 0.25) is 0 Å². The van der Waals surface area contributed by atoms with Gasteiger partial charge in [-0.2, -0.15) is 0 Å². The van der Waals surface area contributed by atoms with E-state index in [1.807, 2.05) is 0 Å². The first-order valence-electron chi connectivity index (χ1n) is 19.9. The van der Waals surface area contributed by atoms with E-state index in [0.717, 1.165) is 77.1 Å². The number of ether oxygens (including phenoxy) is 2. The number of hydrogen-bond donors (Lipinski definition) is 0. The van der Waals surface area contributed by atoms with Gasteiger partial charge in [0.1, 0.15) is 12.4 Å². The summed E-state index contributed by atoms with van der Waals surface area (Å²) in [5, 5.41) is 0. The van der Waals surface area contributed by atoms with Gasteiger partial charge >= 0.3 is 0 Å². The van der Waals surface area contributed by atoms with E-state index in [-0.39, 0.29) is 16.4 Å².